The lowest BCUT2D eigenvalue weighted by atomic mass is 10.2. The number of nitrogens with one attached hydrogen (secondary N) is 1. The van der Waals surface area contributed by atoms with E-state index in [9.17, 15) is 9.18 Å². The van der Waals surface area contributed by atoms with Gasteiger partial charge in [0.25, 0.3) is 5.22 Å². The highest BCUT2D eigenvalue weighted by molar-refractivity contribution is 8.00. The van der Waals surface area contributed by atoms with E-state index in [2.05, 4.69) is 15.5 Å². The predicted octanol–water partition coefficient (Wildman–Crippen LogP) is 2.49. The van der Waals surface area contributed by atoms with E-state index in [1.54, 1.807) is 19.1 Å². The summed E-state index contributed by atoms with van der Waals surface area (Å²) in [5.41, 5.74) is 0.636. The van der Waals surface area contributed by atoms with Gasteiger partial charge in [-0.2, -0.15) is 0 Å². The van der Waals surface area contributed by atoms with Gasteiger partial charge in [0.2, 0.25) is 11.8 Å². The van der Waals surface area contributed by atoms with Crippen LogP contribution in [0.5, 0.6) is 0 Å². The lowest BCUT2D eigenvalue weighted by molar-refractivity contribution is -0.120. The monoisotopic (exact) mass is 295 g/mol. The van der Waals surface area contributed by atoms with Crippen molar-refractivity contribution in [1.82, 2.24) is 15.5 Å². The molecule has 1 heterocycles. The van der Waals surface area contributed by atoms with Crippen molar-refractivity contribution in [3.8, 4) is 11.5 Å². The van der Waals surface area contributed by atoms with E-state index >= 15 is 0 Å². The molecule has 0 aliphatic carbocycles. The molecule has 1 aromatic carbocycles. The summed E-state index contributed by atoms with van der Waals surface area (Å²) in [5, 5.41) is 10.5. The number of amides is 1. The van der Waals surface area contributed by atoms with Crippen molar-refractivity contribution in [1.29, 1.82) is 0 Å². The fraction of sp³-hybridized carbons (Fsp3) is 0.308. The third-order valence-corrected chi connectivity index (χ3v) is 3.43. The van der Waals surface area contributed by atoms with Gasteiger partial charge in [-0.1, -0.05) is 11.8 Å². The molecule has 0 fully saturated rings. The van der Waals surface area contributed by atoms with Gasteiger partial charge in [0, 0.05) is 12.1 Å². The molecule has 1 amide bonds. The summed E-state index contributed by atoms with van der Waals surface area (Å²) in [7, 11) is 0. The van der Waals surface area contributed by atoms with Crippen molar-refractivity contribution < 1.29 is 13.6 Å². The predicted molar refractivity (Wildman–Crippen MR) is 73.7 cm³/mol. The second-order valence-corrected chi connectivity index (χ2v) is 5.33. The summed E-state index contributed by atoms with van der Waals surface area (Å²) in [6, 6.07) is 5.77. The molecule has 0 saturated heterocycles. The molecule has 2 aromatic rings. The number of hydrogen-bond donors (Lipinski definition) is 1. The Kier molecular flexibility index (Phi) is 4.73. The number of hydrogen-bond acceptors (Lipinski definition) is 5. The zero-order valence-electron chi connectivity index (χ0n) is 11.1. The molecular formula is C13H14FN3O2S. The number of thioether (sulfide) groups is 1. The molecule has 0 unspecified atom stereocenters. The summed E-state index contributed by atoms with van der Waals surface area (Å²) in [6.07, 6.45) is 0. The first-order chi connectivity index (χ1) is 9.60. The molecule has 7 heteroatoms. The standard InChI is InChI=1S/C13H14FN3O2S/c1-3-15-11(18)8(2)20-13-17-16-12(19-13)9-4-6-10(14)7-5-9/h4-8H,3H2,1-2H3,(H,15,18)/t8-/m0/s1. The Morgan fingerprint density at radius 3 is 2.75 bits per heavy atom. The molecule has 2 rings (SSSR count). The minimum atomic E-state index is -0.326. The first-order valence-corrected chi connectivity index (χ1v) is 7.02. The maximum absolute atomic E-state index is 12.8. The van der Waals surface area contributed by atoms with Crippen LogP contribution < -0.4 is 5.32 Å². The van der Waals surface area contributed by atoms with Crippen LogP contribution >= 0.6 is 11.8 Å². The second kappa shape index (κ2) is 6.51. The van der Waals surface area contributed by atoms with E-state index in [0.717, 1.165) is 0 Å². The smallest absolute Gasteiger partial charge is 0.277 e. The maximum Gasteiger partial charge on any atom is 0.277 e. The van der Waals surface area contributed by atoms with Gasteiger partial charge in [0.05, 0.1) is 5.25 Å². The number of benzene rings is 1. The minimum Gasteiger partial charge on any atom is -0.411 e. The van der Waals surface area contributed by atoms with Gasteiger partial charge in [0.15, 0.2) is 0 Å². The van der Waals surface area contributed by atoms with Crippen LogP contribution in [0.2, 0.25) is 0 Å². The average Bonchev–Trinajstić information content (AvgIpc) is 2.88. The quantitative estimate of drug-likeness (QED) is 0.858. The van der Waals surface area contributed by atoms with Crippen LogP contribution in [0.15, 0.2) is 33.9 Å². The molecule has 0 bridgehead atoms. The zero-order chi connectivity index (χ0) is 14.5. The highest BCUT2D eigenvalue weighted by Crippen LogP contribution is 2.26. The topological polar surface area (TPSA) is 68.0 Å². The zero-order valence-corrected chi connectivity index (χ0v) is 11.9. The molecular weight excluding hydrogens is 281 g/mol. The molecule has 0 spiro atoms. The summed E-state index contributed by atoms with van der Waals surface area (Å²) >= 11 is 1.18. The SMILES string of the molecule is CCNC(=O)[C@H](C)Sc1nnc(-c2ccc(F)cc2)o1. The first-order valence-electron chi connectivity index (χ1n) is 6.14. The van der Waals surface area contributed by atoms with Crippen LogP contribution in [0, 0.1) is 5.82 Å². The Balaban J connectivity index is 2.05. The Hall–Kier alpha value is -1.89. The fourth-order valence-electron chi connectivity index (χ4n) is 1.49. The molecule has 0 radical (unpaired) electrons. The van der Waals surface area contributed by atoms with Gasteiger partial charge < -0.3 is 9.73 Å². The third-order valence-electron chi connectivity index (χ3n) is 2.50. The normalized spacial score (nSPS) is 12.2. The number of halogens is 1. The number of nitrogens with zero attached hydrogens (tertiary/aromatic N) is 2. The highest BCUT2D eigenvalue weighted by atomic mass is 32.2. The third kappa shape index (κ3) is 3.57. The molecule has 1 N–H and O–H groups in total. The molecule has 1 atom stereocenters. The van der Waals surface area contributed by atoms with Crippen molar-refractivity contribution >= 4 is 17.7 Å². The Bertz CT molecular complexity index is 586. The summed E-state index contributed by atoms with van der Waals surface area (Å²) in [6.45, 7) is 4.19. The van der Waals surface area contributed by atoms with Gasteiger partial charge >= 0.3 is 0 Å². The van der Waals surface area contributed by atoms with Crippen molar-refractivity contribution in [3.05, 3.63) is 30.1 Å². The molecule has 20 heavy (non-hydrogen) atoms. The summed E-state index contributed by atoms with van der Waals surface area (Å²) in [4.78, 5) is 11.6. The van der Waals surface area contributed by atoms with Gasteiger partial charge in [-0.15, -0.1) is 10.2 Å². The summed E-state index contributed by atoms with van der Waals surface area (Å²) in [5.74, 6) is -0.109. The van der Waals surface area contributed by atoms with Crippen LogP contribution in [0.4, 0.5) is 4.39 Å². The van der Waals surface area contributed by atoms with Gasteiger partial charge in [-0.3, -0.25) is 4.79 Å². The average molecular weight is 295 g/mol. The van der Waals surface area contributed by atoms with E-state index < -0.39 is 0 Å². The molecule has 0 aliphatic rings. The maximum atomic E-state index is 12.8. The molecule has 1 aromatic heterocycles. The van der Waals surface area contributed by atoms with Crippen LogP contribution in [-0.2, 0) is 4.79 Å². The first kappa shape index (κ1) is 14.5. The Morgan fingerprint density at radius 2 is 2.10 bits per heavy atom. The number of aromatic nitrogens is 2. The van der Waals surface area contributed by atoms with Crippen LogP contribution in [0.1, 0.15) is 13.8 Å². The Labute approximate surface area is 120 Å². The van der Waals surface area contributed by atoms with Gasteiger partial charge in [0.1, 0.15) is 5.82 Å². The van der Waals surface area contributed by atoms with Crippen LogP contribution in [0.3, 0.4) is 0 Å². The highest BCUT2D eigenvalue weighted by Gasteiger charge is 2.18. The number of rotatable bonds is 5. The Morgan fingerprint density at radius 1 is 1.40 bits per heavy atom. The van der Waals surface area contributed by atoms with Crippen molar-refractivity contribution in [2.24, 2.45) is 0 Å². The van der Waals surface area contributed by atoms with Gasteiger partial charge in [-0.05, 0) is 38.1 Å². The van der Waals surface area contributed by atoms with E-state index in [1.807, 2.05) is 6.92 Å². The van der Waals surface area contributed by atoms with Crippen molar-refractivity contribution in [3.63, 3.8) is 0 Å². The van der Waals surface area contributed by atoms with Crippen molar-refractivity contribution in [2.45, 2.75) is 24.3 Å². The van der Waals surface area contributed by atoms with E-state index in [1.165, 1.54) is 23.9 Å². The van der Waals surface area contributed by atoms with Gasteiger partial charge in [-0.25, -0.2) is 4.39 Å². The molecule has 5 nitrogen and oxygen atoms in total. The van der Waals surface area contributed by atoms with Crippen LogP contribution in [0.25, 0.3) is 11.5 Å². The molecule has 106 valence electrons. The lowest BCUT2D eigenvalue weighted by Crippen LogP contribution is -2.30. The van der Waals surface area contributed by atoms with E-state index in [0.29, 0.717) is 23.2 Å². The largest absolute Gasteiger partial charge is 0.411 e. The summed E-state index contributed by atoms with van der Waals surface area (Å²) < 4.78 is 18.3. The molecule has 0 saturated carbocycles. The fourth-order valence-corrected chi connectivity index (χ4v) is 2.20. The van der Waals surface area contributed by atoms with E-state index in [4.69, 9.17) is 4.42 Å². The van der Waals surface area contributed by atoms with Crippen LogP contribution in [-0.4, -0.2) is 27.9 Å². The number of carbonyl (C=O) groups excluding carboxylic acids is 1. The number of carbonyl (C=O) groups is 1. The minimum absolute atomic E-state index is 0.0842. The van der Waals surface area contributed by atoms with E-state index in [-0.39, 0.29) is 17.0 Å². The van der Waals surface area contributed by atoms with Crippen molar-refractivity contribution in [2.75, 3.05) is 6.54 Å². The molecule has 0 aliphatic heterocycles. The second-order valence-electron chi connectivity index (χ2n) is 4.03. The lowest BCUT2D eigenvalue weighted by Gasteiger charge is -2.07.